The van der Waals surface area contributed by atoms with Crippen molar-refractivity contribution < 1.29 is 0 Å². The highest BCUT2D eigenvalue weighted by Gasteiger charge is 2.10. The molecule has 1 unspecified atom stereocenters. The highest BCUT2D eigenvalue weighted by atomic mass is 14.1. The van der Waals surface area contributed by atoms with Crippen LogP contribution in [0.1, 0.15) is 60.8 Å². The van der Waals surface area contributed by atoms with E-state index in [1.54, 1.807) is 0 Å². The van der Waals surface area contributed by atoms with Gasteiger partial charge in [-0.05, 0) is 59.1 Å². The van der Waals surface area contributed by atoms with Crippen LogP contribution in [-0.4, -0.2) is 0 Å². The molecule has 0 heteroatoms. The van der Waals surface area contributed by atoms with Gasteiger partial charge in [-0.15, -0.1) is 0 Å². The zero-order chi connectivity index (χ0) is 17.8. The van der Waals surface area contributed by atoms with Crippen molar-refractivity contribution in [3.8, 4) is 0 Å². The van der Waals surface area contributed by atoms with Crippen LogP contribution in [0.3, 0.4) is 0 Å². The summed E-state index contributed by atoms with van der Waals surface area (Å²) in [4.78, 5) is 0. The molecule has 2 aromatic rings. The fourth-order valence-corrected chi connectivity index (χ4v) is 3.81. The number of hydrogen-bond donors (Lipinski definition) is 0. The zero-order valence-corrected chi connectivity index (χ0v) is 15.5. The predicted molar refractivity (Wildman–Crippen MR) is 113 cm³/mol. The van der Waals surface area contributed by atoms with Crippen molar-refractivity contribution in [2.75, 3.05) is 0 Å². The van der Waals surface area contributed by atoms with Crippen LogP contribution in [0.4, 0.5) is 0 Å². The molecule has 0 spiro atoms. The van der Waals surface area contributed by atoms with Gasteiger partial charge in [0.1, 0.15) is 0 Å². The van der Waals surface area contributed by atoms with Crippen molar-refractivity contribution in [1.82, 2.24) is 0 Å². The molecule has 0 saturated heterocycles. The summed E-state index contributed by atoms with van der Waals surface area (Å²) < 4.78 is 0. The number of rotatable bonds is 4. The van der Waals surface area contributed by atoms with E-state index in [0.717, 1.165) is 19.3 Å². The lowest BCUT2D eigenvalue weighted by molar-refractivity contribution is 0.921. The summed E-state index contributed by atoms with van der Waals surface area (Å²) in [6.07, 6.45) is 18.1. The second-order valence-corrected chi connectivity index (χ2v) is 7.26. The van der Waals surface area contributed by atoms with Gasteiger partial charge in [-0.25, -0.2) is 0 Å². The molecule has 0 fully saturated rings. The first-order chi connectivity index (χ1) is 12.8. The molecule has 2 aromatic carbocycles. The van der Waals surface area contributed by atoms with E-state index in [0.29, 0.717) is 5.92 Å². The maximum atomic E-state index is 2.34. The minimum atomic E-state index is 0.411. The number of allylic oxidation sites excluding steroid dienone is 8. The standard InChI is InChI=1S/C26H26/c1-20(21-12-16-25(17-13-21)23-8-4-2-5-9-23)22-14-18-26(19-15-22)24-10-6-3-7-11-24/h2,4,6,8,10-20H,3,5,7,9H2,1H3. The molecule has 0 radical (unpaired) electrons. The van der Waals surface area contributed by atoms with E-state index in [1.807, 2.05) is 0 Å². The Kier molecular flexibility index (Phi) is 5.02. The minimum Gasteiger partial charge on any atom is -0.0842 e. The molecular weight excluding hydrogens is 312 g/mol. The van der Waals surface area contributed by atoms with Gasteiger partial charge < -0.3 is 0 Å². The summed E-state index contributed by atoms with van der Waals surface area (Å²) in [5, 5.41) is 0. The Morgan fingerprint density at radius 3 is 2.00 bits per heavy atom. The molecule has 0 aromatic heterocycles. The topological polar surface area (TPSA) is 0 Å². The zero-order valence-electron chi connectivity index (χ0n) is 15.5. The summed E-state index contributed by atoms with van der Waals surface area (Å²) in [6, 6.07) is 18.2. The van der Waals surface area contributed by atoms with Gasteiger partial charge in [0.05, 0.1) is 0 Å². The molecule has 2 aliphatic rings. The average Bonchev–Trinajstić information content (AvgIpc) is 2.75. The van der Waals surface area contributed by atoms with Crippen molar-refractivity contribution in [3.63, 3.8) is 0 Å². The largest absolute Gasteiger partial charge is 0.0842 e. The summed E-state index contributed by atoms with van der Waals surface area (Å²) >= 11 is 0. The van der Waals surface area contributed by atoms with Gasteiger partial charge in [0.2, 0.25) is 0 Å². The third-order valence-electron chi connectivity index (χ3n) is 5.53. The van der Waals surface area contributed by atoms with Crippen LogP contribution in [0.5, 0.6) is 0 Å². The molecule has 130 valence electrons. The van der Waals surface area contributed by atoms with Crippen molar-refractivity contribution in [1.29, 1.82) is 0 Å². The first-order valence-electron chi connectivity index (χ1n) is 9.74. The van der Waals surface area contributed by atoms with Crippen molar-refractivity contribution >= 4 is 11.1 Å². The molecule has 26 heavy (non-hydrogen) atoms. The predicted octanol–water partition coefficient (Wildman–Crippen LogP) is 7.31. The molecule has 1 atom stereocenters. The van der Waals surface area contributed by atoms with Crippen LogP contribution in [0.15, 0.2) is 85.0 Å². The Morgan fingerprint density at radius 1 is 0.731 bits per heavy atom. The van der Waals surface area contributed by atoms with Crippen LogP contribution in [0, 0.1) is 0 Å². The molecule has 0 nitrogen and oxygen atoms in total. The van der Waals surface area contributed by atoms with Gasteiger partial charge in [-0.3, -0.25) is 0 Å². The van der Waals surface area contributed by atoms with Gasteiger partial charge in [-0.1, -0.05) is 91.9 Å². The van der Waals surface area contributed by atoms with Crippen LogP contribution >= 0.6 is 0 Å². The van der Waals surface area contributed by atoms with E-state index in [2.05, 4.69) is 91.9 Å². The smallest absolute Gasteiger partial charge is 0.00610 e. The molecule has 2 aliphatic carbocycles. The molecule has 0 aliphatic heterocycles. The minimum absolute atomic E-state index is 0.411. The van der Waals surface area contributed by atoms with E-state index < -0.39 is 0 Å². The lowest BCUT2D eigenvalue weighted by Gasteiger charge is -2.16. The lowest BCUT2D eigenvalue weighted by Crippen LogP contribution is -1.97. The highest BCUT2D eigenvalue weighted by Crippen LogP contribution is 2.29. The van der Waals surface area contributed by atoms with E-state index in [9.17, 15) is 0 Å². The SMILES string of the molecule is CC(c1ccc(C2=CCCC=C2)cc1)c1ccc(C2=CC=CCC2)cc1. The highest BCUT2D eigenvalue weighted by molar-refractivity contribution is 5.75. The number of hydrogen-bond acceptors (Lipinski definition) is 0. The van der Waals surface area contributed by atoms with E-state index in [-0.39, 0.29) is 0 Å². The van der Waals surface area contributed by atoms with Crippen molar-refractivity contribution in [3.05, 3.63) is 107 Å². The maximum Gasteiger partial charge on any atom is 0.00610 e. The lowest BCUT2D eigenvalue weighted by atomic mass is 9.89. The molecule has 4 rings (SSSR count). The van der Waals surface area contributed by atoms with Gasteiger partial charge in [0, 0.05) is 5.92 Å². The van der Waals surface area contributed by atoms with Crippen molar-refractivity contribution in [2.24, 2.45) is 0 Å². The molecule has 0 bridgehead atoms. The summed E-state index contributed by atoms with van der Waals surface area (Å²) in [5.41, 5.74) is 8.24. The van der Waals surface area contributed by atoms with E-state index in [1.165, 1.54) is 39.8 Å². The van der Waals surface area contributed by atoms with Gasteiger partial charge in [0.15, 0.2) is 0 Å². The van der Waals surface area contributed by atoms with Crippen LogP contribution in [0.25, 0.3) is 11.1 Å². The maximum absolute atomic E-state index is 2.34. The Hall–Kier alpha value is -2.60. The normalized spacial score (nSPS) is 17.6. The molecule has 0 heterocycles. The van der Waals surface area contributed by atoms with Gasteiger partial charge in [-0.2, -0.15) is 0 Å². The summed E-state index contributed by atoms with van der Waals surface area (Å²) in [7, 11) is 0. The van der Waals surface area contributed by atoms with Crippen LogP contribution in [-0.2, 0) is 0 Å². The Morgan fingerprint density at radius 2 is 1.42 bits per heavy atom. The van der Waals surface area contributed by atoms with Gasteiger partial charge >= 0.3 is 0 Å². The third-order valence-corrected chi connectivity index (χ3v) is 5.53. The Bertz CT molecular complexity index is 871. The summed E-state index contributed by atoms with van der Waals surface area (Å²) in [5.74, 6) is 0.411. The first-order valence-corrected chi connectivity index (χ1v) is 9.74. The monoisotopic (exact) mass is 338 g/mol. The van der Waals surface area contributed by atoms with Crippen LogP contribution < -0.4 is 0 Å². The quantitative estimate of drug-likeness (QED) is 0.548. The first kappa shape index (κ1) is 16.8. The molecule has 0 amide bonds. The third kappa shape index (κ3) is 3.65. The van der Waals surface area contributed by atoms with Crippen LogP contribution in [0.2, 0.25) is 0 Å². The van der Waals surface area contributed by atoms with E-state index >= 15 is 0 Å². The molecule has 0 saturated carbocycles. The fourth-order valence-electron chi connectivity index (χ4n) is 3.81. The van der Waals surface area contributed by atoms with E-state index in [4.69, 9.17) is 0 Å². The van der Waals surface area contributed by atoms with Crippen molar-refractivity contribution in [2.45, 2.75) is 38.5 Å². The molecule has 0 N–H and O–H groups in total. The second-order valence-electron chi connectivity index (χ2n) is 7.26. The number of benzene rings is 2. The second kappa shape index (κ2) is 7.74. The summed E-state index contributed by atoms with van der Waals surface area (Å²) in [6.45, 7) is 2.30. The van der Waals surface area contributed by atoms with Gasteiger partial charge in [0.25, 0.3) is 0 Å². The fraction of sp³-hybridized carbons (Fsp3) is 0.231. The Balaban J connectivity index is 1.51. The molecular formula is C26H26. The average molecular weight is 338 g/mol. The Labute approximate surface area is 157 Å².